The van der Waals surface area contributed by atoms with Crippen molar-refractivity contribution < 1.29 is 4.57 Å². The van der Waals surface area contributed by atoms with Gasteiger partial charge in [-0.25, -0.2) is 4.98 Å². The number of rotatable bonds is 10. The van der Waals surface area contributed by atoms with Crippen LogP contribution in [0.2, 0.25) is 0 Å². The van der Waals surface area contributed by atoms with Gasteiger partial charge < -0.3 is 13.7 Å². The second-order valence-corrected chi connectivity index (χ2v) is 26.0. The molecular formula is C82H53N6OP. The Hall–Kier alpha value is -11.6. The van der Waals surface area contributed by atoms with Crippen LogP contribution >= 0.6 is 7.14 Å². The van der Waals surface area contributed by atoms with Gasteiger partial charge in [-0.3, -0.25) is 9.13 Å². The normalized spacial score (nSPS) is 12.0. The lowest BCUT2D eigenvalue weighted by molar-refractivity contribution is 0.592. The highest BCUT2D eigenvalue weighted by Gasteiger charge is 2.30. The van der Waals surface area contributed by atoms with Crippen LogP contribution in [0.5, 0.6) is 0 Å². The van der Waals surface area contributed by atoms with Crippen LogP contribution in [0, 0.1) is 0 Å². The van der Waals surface area contributed by atoms with E-state index in [2.05, 4.69) is 267 Å². The van der Waals surface area contributed by atoms with Gasteiger partial charge in [0.2, 0.25) is 5.95 Å². The molecule has 8 heteroatoms. The quantitative estimate of drug-likeness (QED) is 0.128. The van der Waals surface area contributed by atoms with E-state index in [-0.39, 0.29) is 0 Å². The summed E-state index contributed by atoms with van der Waals surface area (Å²) in [6.07, 6.45) is 0. The SMILES string of the molecule is O=P(c1ccccc1)(c1ccccc1)c1ccc(-c2cc(-n3c4ccccc4c4cc(-c5ccc6c(c5)c5ccccc5n6-c5ccccc5)ccc43)nc(-n3c4ccccc4c4cc(-c5ccc6c(c5)c5ccccc5n6-c5ccccc5)ccc43)n2)cc1. The Bertz CT molecular complexity index is 5590. The molecule has 0 bridgehead atoms. The molecule has 0 aliphatic heterocycles. The highest BCUT2D eigenvalue weighted by Crippen LogP contribution is 2.45. The summed E-state index contributed by atoms with van der Waals surface area (Å²) in [5.74, 6) is 1.25. The Balaban J connectivity index is 0.819. The van der Waals surface area contributed by atoms with Crippen LogP contribution in [0.3, 0.4) is 0 Å². The first-order valence-electron chi connectivity index (χ1n) is 30.5. The van der Waals surface area contributed by atoms with Gasteiger partial charge in [0.25, 0.3) is 0 Å². The molecule has 0 fully saturated rings. The lowest BCUT2D eigenvalue weighted by Gasteiger charge is -2.20. The van der Waals surface area contributed by atoms with Crippen LogP contribution in [0.1, 0.15) is 0 Å². The molecule has 0 saturated heterocycles. The van der Waals surface area contributed by atoms with Gasteiger partial charge in [-0.05, 0) is 119 Å². The van der Waals surface area contributed by atoms with Crippen molar-refractivity contribution in [2.75, 3.05) is 0 Å². The zero-order valence-corrected chi connectivity index (χ0v) is 49.5. The summed E-state index contributed by atoms with van der Waals surface area (Å²) in [7, 11) is -3.26. The Morgan fingerprint density at radius 1 is 0.233 bits per heavy atom. The van der Waals surface area contributed by atoms with E-state index < -0.39 is 7.14 Å². The van der Waals surface area contributed by atoms with E-state index in [4.69, 9.17) is 9.97 Å². The van der Waals surface area contributed by atoms with Crippen LogP contribution in [-0.2, 0) is 4.57 Å². The Labute approximate surface area is 518 Å². The standard InChI is InChI=1S/C82H53N6OP/c89-90(61-25-9-3-10-26-61,62-27-11-4-12-28-62)63-43-37-54(38-44-63)72-53-81(87-75-35-19-15-31-66(75)70-51-57(41-47-79(70)87)55-39-45-77-68(49-55)64-29-13-17-33-73(64)85(77)59-21-5-1-6-22-59)84-82(83-72)88-76-36-20-16-32-67(76)71-52-58(42-48-80(71)88)56-40-46-78-69(50-56)65-30-14-18-34-74(65)86(78)60-23-7-2-8-24-60/h1-53H. The van der Waals surface area contributed by atoms with Gasteiger partial charge in [0.15, 0.2) is 7.14 Å². The molecule has 0 aliphatic carbocycles. The highest BCUT2D eigenvalue weighted by molar-refractivity contribution is 7.85. The summed E-state index contributed by atoms with van der Waals surface area (Å²) < 4.78 is 25.0. The summed E-state index contributed by atoms with van der Waals surface area (Å²) >= 11 is 0. The number of hydrogen-bond donors (Lipinski definition) is 0. The van der Waals surface area contributed by atoms with Crippen molar-refractivity contribution in [2.45, 2.75) is 0 Å². The van der Waals surface area contributed by atoms with E-state index in [0.29, 0.717) is 5.95 Å². The average molecular weight is 1170 g/mol. The predicted octanol–water partition coefficient (Wildman–Crippen LogP) is 19.5. The van der Waals surface area contributed by atoms with Crippen LogP contribution in [0.4, 0.5) is 0 Å². The third-order valence-corrected chi connectivity index (χ3v) is 21.4. The third-order valence-electron chi connectivity index (χ3n) is 18.3. The maximum Gasteiger partial charge on any atom is 0.237 e. The Kier molecular flexibility index (Phi) is 11.7. The van der Waals surface area contributed by atoms with E-state index in [0.717, 1.165) is 116 Å². The fourth-order valence-corrected chi connectivity index (χ4v) is 16.8. The van der Waals surface area contributed by atoms with Crippen LogP contribution in [0.25, 0.3) is 144 Å². The lowest BCUT2D eigenvalue weighted by atomic mass is 10.0. The lowest BCUT2D eigenvalue weighted by Crippen LogP contribution is -2.24. The highest BCUT2D eigenvalue weighted by atomic mass is 31.2. The van der Waals surface area contributed by atoms with Gasteiger partial charge in [-0.15, -0.1) is 0 Å². The fraction of sp³-hybridized carbons (Fsp3) is 0. The second kappa shape index (κ2) is 20.5. The van der Waals surface area contributed by atoms with Gasteiger partial charge in [0.05, 0.1) is 49.8 Å². The molecule has 0 N–H and O–H groups in total. The summed E-state index contributed by atoms with van der Waals surface area (Å²) in [6, 6.07) is 113. The smallest absolute Gasteiger partial charge is 0.237 e. The molecule has 0 spiro atoms. The van der Waals surface area contributed by atoms with E-state index in [1.165, 1.54) is 38.1 Å². The Morgan fingerprint density at radius 2 is 0.533 bits per heavy atom. The predicted molar refractivity (Wildman–Crippen MR) is 375 cm³/mol. The molecule has 18 rings (SSSR count). The van der Waals surface area contributed by atoms with Gasteiger partial charge in [0.1, 0.15) is 5.82 Å². The van der Waals surface area contributed by atoms with E-state index >= 15 is 4.57 Å². The van der Waals surface area contributed by atoms with Crippen molar-refractivity contribution in [3.63, 3.8) is 0 Å². The number of hydrogen-bond acceptors (Lipinski definition) is 3. The largest absolute Gasteiger partial charge is 0.309 e. The van der Waals surface area contributed by atoms with Gasteiger partial charge >= 0.3 is 0 Å². The summed E-state index contributed by atoms with van der Waals surface area (Å²) in [6.45, 7) is 0. The molecule has 5 aromatic heterocycles. The molecule has 0 unspecified atom stereocenters. The molecule has 0 aliphatic rings. The van der Waals surface area contributed by atoms with Crippen molar-refractivity contribution in [3.8, 4) is 56.7 Å². The first-order valence-corrected chi connectivity index (χ1v) is 32.2. The number of fused-ring (bicyclic) bond motifs is 12. The summed E-state index contributed by atoms with van der Waals surface area (Å²) in [5.41, 5.74) is 17.1. The van der Waals surface area contributed by atoms with Crippen LogP contribution in [-0.4, -0.2) is 28.2 Å². The molecule has 13 aromatic carbocycles. The molecule has 0 amide bonds. The molecule has 422 valence electrons. The van der Waals surface area contributed by atoms with Crippen molar-refractivity contribution in [2.24, 2.45) is 0 Å². The number of para-hydroxylation sites is 6. The minimum Gasteiger partial charge on any atom is -0.309 e. The molecule has 18 aromatic rings. The first-order chi connectivity index (χ1) is 44.5. The second-order valence-electron chi connectivity index (χ2n) is 23.2. The molecule has 7 nitrogen and oxygen atoms in total. The van der Waals surface area contributed by atoms with E-state index in [1.54, 1.807) is 0 Å². The topological polar surface area (TPSA) is 62.6 Å². The molecular weight excluding hydrogens is 1120 g/mol. The Morgan fingerprint density at radius 3 is 0.944 bits per heavy atom. The number of nitrogens with zero attached hydrogens (tertiary/aromatic N) is 6. The monoisotopic (exact) mass is 1170 g/mol. The minimum atomic E-state index is -3.26. The van der Waals surface area contributed by atoms with Crippen molar-refractivity contribution in [3.05, 3.63) is 322 Å². The van der Waals surface area contributed by atoms with Crippen LogP contribution in [0.15, 0.2) is 322 Å². The maximum absolute atomic E-state index is 15.7. The number of benzene rings is 13. The van der Waals surface area contributed by atoms with E-state index in [1.807, 2.05) is 72.8 Å². The van der Waals surface area contributed by atoms with E-state index in [9.17, 15) is 0 Å². The molecule has 5 heterocycles. The third kappa shape index (κ3) is 8.03. The fourth-order valence-electron chi connectivity index (χ4n) is 14.1. The first kappa shape index (κ1) is 51.6. The van der Waals surface area contributed by atoms with Gasteiger partial charge in [-0.2, -0.15) is 4.98 Å². The van der Waals surface area contributed by atoms with Crippen molar-refractivity contribution in [1.29, 1.82) is 0 Å². The van der Waals surface area contributed by atoms with Crippen molar-refractivity contribution >= 4 is 110 Å². The zero-order valence-electron chi connectivity index (χ0n) is 48.6. The molecule has 0 atom stereocenters. The summed E-state index contributed by atoms with van der Waals surface area (Å²) in [5, 5.41) is 11.6. The van der Waals surface area contributed by atoms with Gasteiger partial charge in [-0.1, -0.05) is 218 Å². The zero-order chi connectivity index (χ0) is 59.4. The van der Waals surface area contributed by atoms with Crippen molar-refractivity contribution in [1.82, 2.24) is 28.2 Å². The summed E-state index contributed by atoms with van der Waals surface area (Å²) in [4.78, 5) is 11.3. The van der Waals surface area contributed by atoms with Crippen LogP contribution < -0.4 is 15.9 Å². The molecule has 0 saturated carbocycles. The minimum absolute atomic E-state index is 0.533. The average Bonchev–Trinajstić information content (AvgIpc) is 1.59. The molecule has 0 radical (unpaired) electrons. The van der Waals surface area contributed by atoms with Gasteiger partial charge in [0, 0.05) is 82.0 Å². The molecule has 90 heavy (non-hydrogen) atoms. The number of aromatic nitrogens is 6. The maximum atomic E-state index is 15.7.